The molecule has 1 saturated carbocycles. The highest BCUT2D eigenvalue weighted by molar-refractivity contribution is 6.16. The van der Waals surface area contributed by atoms with Crippen LogP contribution in [0.15, 0.2) is 18.2 Å². The van der Waals surface area contributed by atoms with Crippen molar-refractivity contribution in [1.29, 1.82) is 0 Å². The van der Waals surface area contributed by atoms with Crippen LogP contribution in [0.1, 0.15) is 32.5 Å². The Hall–Kier alpha value is -1.22. The number of fused-ring (bicyclic) bond motifs is 1. The van der Waals surface area contributed by atoms with Crippen LogP contribution in [-0.2, 0) is 12.4 Å². The van der Waals surface area contributed by atoms with Gasteiger partial charge in [-0.2, -0.15) is 0 Å². The molecule has 3 rings (SSSR count). The van der Waals surface area contributed by atoms with Gasteiger partial charge in [0.05, 0.1) is 18.0 Å². The second-order valence-electron chi connectivity index (χ2n) is 5.72. The van der Waals surface area contributed by atoms with E-state index in [1.165, 1.54) is 6.42 Å². The van der Waals surface area contributed by atoms with E-state index in [-0.39, 0.29) is 0 Å². The van der Waals surface area contributed by atoms with Gasteiger partial charge in [-0.3, -0.25) is 0 Å². The van der Waals surface area contributed by atoms with E-state index in [1.807, 2.05) is 12.1 Å². The van der Waals surface area contributed by atoms with Crippen LogP contribution in [0.4, 0.5) is 0 Å². The van der Waals surface area contributed by atoms with Gasteiger partial charge in [0, 0.05) is 6.54 Å². The number of rotatable bonds is 6. The van der Waals surface area contributed by atoms with Gasteiger partial charge in [0.25, 0.3) is 0 Å². The molecule has 1 aliphatic carbocycles. The van der Waals surface area contributed by atoms with Crippen molar-refractivity contribution in [2.24, 2.45) is 11.8 Å². The SMILES string of the molecule is CCCOc1cccc2c1nc(CCl)n2CC1CC1C. The van der Waals surface area contributed by atoms with Crippen molar-refractivity contribution >= 4 is 22.6 Å². The zero-order chi connectivity index (χ0) is 14.1. The van der Waals surface area contributed by atoms with Gasteiger partial charge < -0.3 is 9.30 Å². The summed E-state index contributed by atoms with van der Waals surface area (Å²) >= 11 is 6.08. The molecule has 4 heteroatoms. The predicted octanol–water partition coefficient (Wildman–Crippen LogP) is 4.22. The Morgan fingerprint density at radius 2 is 2.25 bits per heavy atom. The summed E-state index contributed by atoms with van der Waals surface area (Å²) in [5.74, 6) is 3.87. The van der Waals surface area contributed by atoms with Crippen LogP contribution >= 0.6 is 11.6 Å². The van der Waals surface area contributed by atoms with Crippen molar-refractivity contribution in [1.82, 2.24) is 9.55 Å². The molecule has 0 spiro atoms. The Kier molecular flexibility index (Phi) is 3.88. The maximum Gasteiger partial charge on any atom is 0.147 e. The average molecular weight is 293 g/mol. The van der Waals surface area contributed by atoms with Gasteiger partial charge in [-0.15, -0.1) is 11.6 Å². The fourth-order valence-electron chi connectivity index (χ4n) is 2.69. The van der Waals surface area contributed by atoms with Gasteiger partial charge in [0.1, 0.15) is 17.1 Å². The Bertz CT molecular complexity index is 608. The maximum atomic E-state index is 6.08. The molecule has 2 aromatic rings. The van der Waals surface area contributed by atoms with E-state index < -0.39 is 0 Å². The number of alkyl halides is 1. The number of nitrogens with zero attached hydrogens (tertiary/aromatic N) is 2. The summed E-state index contributed by atoms with van der Waals surface area (Å²) in [6.07, 6.45) is 2.31. The first-order chi connectivity index (χ1) is 9.74. The van der Waals surface area contributed by atoms with E-state index >= 15 is 0 Å². The number of hydrogen-bond acceptors (Lipinski definition) is 2. The lowest BCUT2D eigenvalue weighted by molar-refractivity contribution is 0.320. The topological polar surface area (TPSA) is 27.1 Å². The van der Waals surface area contributed by atoms with Crippen LogP contribution in [0.3, 0.4) is 0 Å². The van der Waals surface area contributed by atoms with Crippen molar-refractivity contribution in [2.75, 3.05) is 6.61 Å². The fourth-order valence-corrected chi connectivity index (χ4v) is 2.90. The summed E-state index contributed by atoms with van der Waals surface area (Å²) in [5, 5.41) is 0. The number of halogens is 1. The first-order valence-electron chi connectivity index (χ1n) is 7.41. The van der Waals surface area contributed by atoms with Gasteiger partial charge in [0.15, 0.2) is 0 Å². The summed E-state index contributed by atoms with van der Waals surface area (Å²) in [5.41, 5.74) is 2.10. The molecule has 1 fully saturated rings. The third kappa shape index (κ3) is 2.51. The summed E-state index contributed by atoms with van der Waals surface area (Å²) in [6, 6.07) is 6.15. The molecule has 0 amide bonds. The molecule has 0 radical (unpaired) electrons. The smallest absolute Gasteiger partial charge is 0.147 e. The standard InChI is InChI=1S/C16H21ClN2O/c1-3-7-20-14-6-4-5-13-16(14)18-15(9-17)19(13)10-12-8-11(12)2/h4-6,11-12H,3,7-10H2,1-2H3. The Balaban J connectivity index is 1.99. The van der Waals surface area contributed by atoms with Crippen LogP contribution in [0, 0.1) is 11.8 Å². The van der Waals surface area contributed by atoms with Crippen molar-refractivity contribution in [3.63, 3.8) is 0 Å². The molecular weight excluding hydrogens is 272 g/mol. The van der Waals surface area contributed by atoms with Gasteiger partial charge in [-0.25, -0.2) is 4.98 Å². The normalized spacial score (nSPS) is 21.4. The summed E-state index contributed by atoms with van der Waals surface area (Å²) < 4.78 is 8.08. The number of ether oxygens (including phenoxy) is 1. The van der Waals surface area contributed by atoms with Crippen molar-refractivity contribution < 1.29 is 4.74 Å². The highest BCUT2D eigenvalue weighted by atomic mass is 35.5. The third-order valence-electron chi connectivity index (χ3n) is 4.10. The van der Waals surface area contributed by atoms with Crippen LogP contribution in [0.25, 0.3) is 11.0 Å². The minimum atomic E-state index is 0.447. The molecule has 0 bridgehead atoms. The molecule has 3 nitrogen and oxygen atoms in total. The number of hydrogen-bond donors (Lipinski definition) is 0. The molecule has 2 atom stereocenters. The second kappa shape index (κ2) is 5.65. The Morgan fingerprint density at radius 3 is 2.90 bits per heavy atom. The van der Waals surface area contributed by atoms with Crippen molar-refractivity contribution in [3.8, 4) is 5.75 Å². The molecule has 0 aliphatic heterocycles. The molecule has 0 saturated heterocycles. The summed E-state index contributed by atoms with van der Waals surface area (Å²) in [4.78, 5) is 4.70. The summed E-state index contributed by atoms with van der Waals surface area (Å²) in [6.45, 7) is 6.16. The highest BCUT2D eigenvalue weighted by Gasteiger charge is 2.33. The lowest BCUT2D eigenvalue weighted by Crippen LogP contribution is -2.04. The summed E-state index contributed by atoms with van der Waals surface area (Å²) in [7, 11) is 0. The average Bonchev–Trinajstić information content (AvgIpc) is 3.03. The fraction of sp³-hybridized carbons (Fsp3) is 0.562. The zero-order valence-corrected chi connectivity index (χ0v) is 12.9. The minimum absolute atomic E-state index is 0.447. The molecule has 20 heavy (non-hydrogen) atoms. The van der Waals surface area contributed by atoms with Crippen LogP contribution in [-0.4, -0.2) is 16.2 Å². The minimum Gasteiger partial charge on any atom is -0.491 e. The first kappa shape index (κ1) is 13.7. The van der Waals surface area contributed by atoms with Crippen LogP contribution < -0.4 is 4.74 Å². The van der Waals surface area contributed by atoms with Crippen molar-refractivity contribution in [3.05, 3.63) is 24.0 Å². The van der Waals surface area contributed by atoms with E-state index in [0.29, 0.717) is 5.88 Å². The van der Waals surface area contributed by atoms with Crippen LogP contribution in [0.2, 0.25) is 0 Å². The first-order valence-corrected chi connectivity index (χ1v) is 7.95. The Morgan fingerprint density at radius 1 is 1.45 bits per heavy atom. The van der Waals surface area contributed by atoms with Crippen LogP contribution in [0.5, 0.6) is 5.75 Å². The zero-order valence-electron chi connectivity index (χ0n) is 12.1. The molecule has 1 aromatic heterocycles. The number of benzene rings is 1. The van der Waals surface area contributed by atoms with Gasteiger partial charge in [-0.1, -0.05) is 19.9 Å². The van der Waals surface area contributed by atoms with E-state index in [0.717, 1.165) is 54.0 Å². The lowest BCUT2D eigenvalue weighted by Gasteiger charge is -2.08. The van der Waals surface area contributed by atoms with Gasteiger partial charge in [-0.05, 0) is 36.8 Å². The molecular formula is C16H21ClN2O. The maximum absolute atomic E-state index is 6.08. The molecule has 0 N–H and O–H groups in total. The van der Waals surface area contributed by atoms with E-state index in [2.05, 4.69) is 24.5 Å². The highest BCUT2D eigenvalue weighted by Crippen LogP contribution is 2.40. The molecule has 108 valence electrons. The predicted molar refractivity (Wildman–Crippen MR) is 82.3 cm³/mol. The Labute approximate surface area is 124 Å². The largest absolute Gasteiger partial charge is 0.491 e. The quantitative estimate of drug-likeness (QED) is 0.745. The van der Waals surface area contributed by atoms with E-state index in [4.69, 9.17) is 21.3 Å². The number of aromatic nitrogens is 2. The molecule has 1 heterocycles. The number of imidazole rings is 1. The molecule has 2 unspecified atom stereocenters. The molecule has 1 aliphatic rings. The van der Waals surface area contributed by atoms with Gasteiger partial charge in [0.2, 0.25) is 0 Å². The number of para-hydroxylation sites is 1. The lowest BCUT2D eigenvalue weighted by atomic mass is 10.2. The van der Waals surface area contributed by atoms with E-state index in [1.54, 1.807) is 0 Å². The van der Waals surface area contributed by atoms with Gasteiger partial charge >= 0.3 is 0 Å². The molecule has 1 aromatic carbocycles. The van der Waals surface area contributed by atoms with Crippen molar-refractivity contribution in [2.45, 2.75) is 39.1 Å². The van der Waals surface area contributed by atoms with E-state index in [9.17, 15) is 0 Å². The third-order valence-corrected chi connectivity index (χ3v) is 4.33. The second-order valence-corrected chi connectivity index (χ2v) is 5.98. The monoisotopic (exact) mass is 292 g/mol.